The fourth-order valence-corrected chi connectivity index (χ4v) is 2.63. The van der Waals surface area contributed by atoms with Crippen LogP contribution < -0.4 is 5.73 Å². The number of hydrogen-bond donors (Lipinski definition) is 1. The second-order valence-electron chi connectivity index (χ2n) is 5.55. The van der Waals surface area contributed by atoms with Crippen molar-refractivity contribution in [1.29, 1.82) is 0 Å². The first-order valence-electron chi connectivity index (χ1n) is 6.32. The number of nitrogen functional groups attached to an aromatic ring is 1. The molecular formula is C14H16N4O2S. The van der Waals surface area contributed by atoms with Gasteiger partial charge >= 0.3 is 5.69 Å². The van der Waals surface area contributed by atoms with Crippen molar-refractivity contribution in [2.75, 3.05) is 5.73 Å². The predicted molar refractivity (Wildman–Crippen MR) is 82.4 cm³/mol. The minimum absolute atomic E-state index is 0.0640. The number of anilines is 1. The summed E-state index contributed by atoms with van der Waals surface area (Å²) >= 11 is 1.20. The molecule has 0 fully saturated rings. The van der Waals surface area contributed by atoms with Crippen LogP contribution >= 0.6 is 11.8 Å². The topological polar surface area (TPSA) is 94.9 Å². The normalized spacial score (nSPS) is 11.4. The van der Waals surface area contributed by atoms with Crippen molar-refractivity contribution in [2.24, 2.45) is 0 Å². The highest BCUT2D eigenvalue weighted by molar-refractivity contribution is 7.99. The Bertz CT molecular complexity index is 666. The number of aromatic nitrogens is 2. The van der Waals surface area contributed by atoms with Gasteiger partial charge in [0.1, 0.15) is 6.33 Å². The van der Waals surface area contributed by atoms with E-state index in [4.69, 9.17) is 5.73 Å². The molecule has 7 heteroatoms. The fraction of sp³-hybridized carbons (Fsp3) is 0.286. The maximum atomic E-state index is 11.1. The third-order valence-corrected chi connectivity index (χ3v) is 3.93. The minimum Gasteiger partial charge on any atom is -0.378 e. The van der Waals surface area contributed by atoms with Gasteiger partial charge in [0.2, 0.25) is 5.82 Å². The van der Waals surface area contributed by atoms with Gasteiger partial charge in [-0.3, -0.25) is 10.1 Å². The molecule has 0 aliphatic heterocycles. The van der Waals surface area contributed by atoms with Crippen LogP contribution in [0.1, 0.15) is 26.3 Å². The van der Waals surface area contributed by atoms with Gasteiger partial charge in [-0.25, -0.2) is 9.97 Å². The van der Waals surface area contributed by atoms with E-state index in [0.717, 1.165) is 4.90 Å². The quantitative estimate of drug-likeness (QED) is 0.530. The average Bonchev–Trinajstić information content (AvgIpc) is 2.38. The average molecular weight is 304 g/mol. The van der Waals surface area contributed by atoms with E-state index >= 15 is 0 Å². The monoisotopic (exact) mass is 304 g/mol. The maximum Gasteiger partial charge on any atom is 0.343 e. The van der Waals surface area contributed by atoms with E-state index in [1.807, 2.05) is 24.3 Å². The number of rotatable bonds is 3. The minimum atomic E-state index is -0.554. The van der Waals surface area contributed by atoms with E-state index in [2.05, 4.69) is 30.7 Å². The Hall–Kier alpha value is -2.15. The van der Waals surface area contributed by atoms with Crippen LogP contribution in [0.3, 0.4) is 0 Å². The molecule has 0 saturated heterocycles. The zero-order valence-electron chi connectivity index (χ0n) is 12.0. The first-order valence-corrected chi connectivity index (χ1v) is 7.14. The Morgan fingerprint density at radius 1 is 1.19 bits per heavy atom. The Morgan fingerprint density at radius 3 is 2.33 bits per heavy atom. The smallest absolute Gasteiger partial charge is 0.343 e. The first kappa shape index (κ1) is 15.2. The van der Waals surface area contributed by atoms with Gasteiger partial charge in [0.15, 0.2) is 5.03 Å². The summed E-state index contributed by atoms with van der Waals surface area (Å²) in [5.74, 6) is -0.121. The molecule has 6 nitrogen and oxygen atoms in total. The second-order valence-corrected chi connectivity index (χ2v) is 6.61. The molecule has 21 heavy (non-hydrogen) atoms. The van der Waals surface area contributed by atoms with Gasteiger partial charge in [-0.1, -0.05) is 44.7 Å². The number of nitro groups is 1. The summed E-state index contributed by atoms with van der Waals surface area (Å²) in [6.45, 7) is 6.39. The van der Waals surface area contributed by atoms with Crippen molar-refractivity contribution in [3.8, 4) is 0 Å². The molecule has 110 valence electrons. The number of hydrogen-bond acceptors (Lipinski definition) is 6. The van der Waals surface area contributed by atoms with Crippen molar-refractivity contribution in [1.82, 2.24) is 9.97 Å². The summed E-state index contributed by atoms with van der Waals surface area (Å²) in [6.07, 6.45) is 1.23. The lowest BCUT2D eigenvalue weighted by molar-refractivity contribution is -0.387. The number of nitrogens with two attached hydrogens (primary N) is 1. The Kier molecular flexibility index (Phi) is 4.13. The fourth-order valence-electron chi connectivity index (χ4n) is 1.76. The van der Waals surface area contributed by atoms with Gasteiger partial charge in [0.25, 0.3) is 0 Å². The van der Waals surface area contributed by atoms with Gasteiger partial charge in [-0.15, -0.1) is 0 Å². The Balaban J connectivity index is 2.31. The van der Waals surface area contributed by atoms with E-state index in [-0.39, 0.29) is 21.9 Å². The van der Waals surface area contributed by atoms with Crippen molar-refractivity contribution >= 4 is 23.3 Å². The van der Waals surface area contributed by atoms with E-state index < -0.39 is 4.92 Å². The molecule has 0 bridgehead atoms. The van der Waals surface area contributed by atoms with Crippen LogP contribution in [0.4, 0.5) is 11.5 Å². The zero-order valence-corrected chi connectivity index (χ0v) is 12.8. The molecule has 2 aromatic rings. The molecule has 0 aliphatic carbocycles. The lowest BCUT2D eigenvalue weighted by Gasteiger charge is -2.18. The molecule has 0 radical (unpaired) electrons. The van der Waals surface area contributed by atoms with Crippen molar-refractivity contribution < 1.29 is 4.92 Å². The van der Waals surface area contributed by atoms with Crippen molar-refractivity contribution in [3.05, 3.63) is 46.3 Å². The van der Waals surface area contributed by atoms with E-state index in [1.54, 1.807) is 0 Å². The van der Waals surface area contributed by atoms with Gasteiger partial charge in [0.05, 0.1) is 4.92 Å². The highest BCUT2D eigenvalue weighted by Crippen LogP contribution is 2.36. The summed E-state index contributed by atoms with van der Waals surface area (Å²) in [5.41, 5.74) is 6.57. The van der Waals surface area contributed by atoms with Crippen LogP contribution in [0, 0.1) is 10.1 Å². The summed E-state index contributed by atoms with van der Waals surface area (Å²) in [6, 6.07) is 7.87. The zero-order chi connectivity index (χ0) is 15.6. The molecule has 2 N–H and O–H groups in total. The summed E-state index contributed by atoms with van der Waals surface area (Å²) < 4.78 is 0. The van der Waals surface area contributed by atoms with Crippen LogP contribution in [0.25, 0.3) is 0 Å². The summed E-state index contributed by atoms with van der Waals surface area (Å²) in [7, 11) is 0. The van der Waals surface area contributed by atoms with Gasteiger partial charge in [-0.05, 0) is 23.1 Å². The molecule has 0 saturated carbocycles. The van der Waals surface area contributed by atoms with Gasteiger partial charge in [-0.2, -0.15) is 0 Å². The second kappa shape index (κ2) is 5.69. The van der Waals surface area contributed by atoms with Crippen LogP contribution in [-0.2, 0) is 5.41 Å². The number of benzene rings is 1. The molecule has 0 spiro atoms. The van der Waals surface area contributed by atoms with Gasteiger partial charge < -0.3 is 5.73 Å². The molecule has 1 aromatic heterocycles. The first-order chi connectivity index (χ1) is 9.79. The molecule has 1 heterocycles. The number of nitrogens with zero attached hydrogens (tertiary/aromatic N) is 3. The SMILES string of the molecule is CC(C)(C)c1ccc(Sc2ncnc(N)c2[N+](=O)[O-])cc1. The van der Waals surface area contributed by atoms with Gasteiger partial charge in [0, 0.05) is 4.90 Å². The van der Waals surface area contributed by atoms with E-state index in [1.165, 1.54) is 23.7 Å². The van der Waals surface area contributed by atoms with Crippen LogP contribution in [0.2, 0.25) is 0 Å². The van der Waals surface area contributed by atoms with E-state index in [9.17, 15) is 10.1 Å². The molecule has 2 rings (SSSR count). The molecule has 0 aliphatic rings. The van der Waals surface area contributed by atoms with E-state index in [0.29, 0.717) is 0 Å². The summed E-state index contributed by atoms with van der Waals surface area (Å²) in [5, 5.41) is 11.3. The molecule has 0 amide bonds. The van der Waals surface area contributed by atoms with Crippen molar-refractivity contribution in [2.45, 2.75) is 36.1 Å². The largest absolute Gasteiger partial charge is 0.378 e. The molecule has 0 unspecified atom stereocenters. The Morgan fingerprint density at radius 2 is 1.81 bits per heavy atom. The standard InChI is InChI=1S/C14H16N4O2S/c1-14(2,3)9-4-6-10(7-5-9)21-13-11(18(19)20)12(15)16-8-17-13/h4-8H,1-3H3,(H2,15,16,17). The maximum absolute atomic E-state index is 11.1. The third kappa shape index (κ3) is 3.49. The summed E-state index contributed by atoms with van der Waals surface area (Å²) in [4.78, 5) is 19.0. The molecule has 1 aromatic carbocycles. The van der Waals surface area contributed by atoms with Crippen molar-refractivity contribution in [3.63, 3.8) is 0 Å². The third-order valence-electron chi connectivity index (χ3n) is 2.93. The highest BCUT2D eigenvalue weighted by atomic mass is 32.2. The lowest BCUT2D eigenvalue weighted by Crippen LogP contribution is -2.10. The highest BCUT2D eigenvalue weighted by Gasteiger charge is 2.22. The molecule has 0 atom stereocenters. The lowest BCUT2D eigenvalue weighted by atomic mass is 9.87. The molecular weight excluding hydrogens is 288 g/mol. The van der Waals surface area contributed by atoms with Crippen LogP contribution in [-0.4, -0.2) is 14.9 Å². The predicted octanol–water partition coefficient (Wildman–Crippen LogP) is 3.42. The van der Waals surface area contributed by atoms with Crippen LogP contribution in [0.15, 0.2) is 40.5 Å². The van der Waals surface area contributed by atoms with Crippen LogP contribution in [0.5, 0.6) is 0 Å². The Labute approximate surface area is 127 Å².